The van der Waals surface area contributed by atoms with Gasteiger partial charge in [0.25, 0.3) is 0 Å². The normalized spacial score (nSPS) is 18.5. The van der Waals surface area contributed by atoms with Crippen LogP contribution in [-0.4, -0.2) is 6.54 Å². The SMILES string of the molecule is C=C/C(NCC)=C(/CC)C1CC1. The maximum Gasteiger partial charge on any atom is 0.0328 e. The van der Waals surface area contributed by atoms with Gasteiger partial charge in [0.2, 0.25) is 0 Å². The average Bonchev–Trinajstić information content (AvgIpc) is 2.88. The Morgan fingerprint density at radius 2 is 2.17 bits per heavy atom. The highest BCUT2D eigenvalue weighted by molar-refractivity contribution is 5.26. The Morgan fingerprint density at radius 1 is 1.50 bits per heavy atom. The molecule has 0 heterocycles. The summed E-state index contributed by atoms with van der Waals surface area (Å²) in [4.78, 5) is 0. The van der Waals surface area contributed by atoms with Crippen molar-refractivity contribution in [2.45, 2.75) is 33.1 Å². The van der Waals surface area contributed by atoms with Gasteiger partial charge < -0.3 is 5.32 Å². The van der Waals surface area contributed by atoms with E-state index in [1.165, 1.54) is 25.0 Å². The summed E-state index contributed by atoms with van der Waals surface area (Å²) < 4.78 is 0. The van der Waals surface area contributed by atoms with E-state index in [9.17, 15) is 0 Å². The molecule has 0 unspecified atom stereocenters. The lowest BCUT2D eigenvalue weighted by Gasteiger charge is -2.10. The first-order chi connectivity index (χ1) is 5.83. The molecule has 1 saturated carbocycles. The Bertz CT molecular complexity index is 187. The summed E-state index contributed by atoms with van der Waals surface area (Å²) in [6, 6.07) is 0. The number of hydrogen-bond acceptors (Lipinski definition) is 1. The minimum Gasteiger partial charge on any atom is -0.385 e. The van der Waals surface area contributed by atoms with Crippen LogP contribution in [0.2, 0.25) is 0 Å². The number of rotatable bonds is 5. The van der Waals surface area contributed by atoms with Crippen LogP contribution < -0.4 is 5.32 Å². The van der Waals surface area contributed by atoms with E-state index < -0.39 is 0 Å². The lowest BCUT2D eigenvalue weighted by molar-refractivity contribution is 0.805. The summed E-state index contributed by atoms with van der Waals surface area (Å²) in [7, 11) is 0. The molecule has 1 nitrogen and oxygen atoms in total. The van der Waals surface area contributed by atoms with Crippen LogP contribution in [0.4, 0.5) is 0 Å². The van der Waals surface area contributed by atoms with Gasteiger partial charge in [-0.15, -0.1) is 0 Å². The van der Waals surface area contributed by atoms with E-state index >= 15 is 0 Å². The van der Waals surface area contributed by atoms with Crippen molar-refractivity contribution in [2.75, 3.05) is 6.54 Å². The molecule has 0 radical (unpaired) electrons. The predicted molar refractivity (Wildman–Crippen MR) is 53.9 cm³/mol. The molecule has 0 aromatic carbocycles. The fourth-order valence-electron chi connectivity index (χ4n) is 1.64. The van der Waals surface area contributed by atoms with Crippen molar-refractivity contribution in [1.82, 2.24) is 5.32 Å². The summed E-state index contributed by atoms with van der Waals surface area (Å²) in [5, 5.41) is 3.37. The van der Waals surface area contributed by atoms with Crippen molar-refractivity contribution in [1.29, 1.82) is 0 Å². The van der Waals surface area contributed by atoms with Crippen LogP contribution in [0.5, 0.6) is 0 Å². The van der Waals surface area contributed by atoms with Crippen molar-refractivity contribution in [3.05, 3.63) is 23.9 Å². The third-order valence-corrected chi connectivity index (χ3v) is 2.37. The first-order valence-corrected chi connectivity index (χ1v) is 4.92. The van der Waals surface area contributed by atoms with E-state index in [2.05, 4.69) is 25.7 Å². The first-order valence-electron chi connectivity index (χ1n) is 4.92. The van der Waals surface area contributed by atoms with E-state index in [1.807, 2.05) is 6.08 Å². The van der Waals surface area contributed by atoms with Gasteiger partial charge in [0.15, 0.2) is 0 Å². The number of likely N-dealkylation sites (N-methyl/N-ethyl adjacent to an activating group) is 1. The zero-order chi connectivity index (χ0) is 8.97. The van der Waals surface area contributed by atoms with Gasteiger partial charge in [-0.25, -0.2) is 0 Å². The summed E-state index contributed by atoms with van der Waals surface area (Å²) in [5.74, 6) is 0.863. The monoisotopic (exact) mass is 165 g/mol. The van der Waals surface area contributed by atoms with Gasteiger partial charge in [0.05, 0.1) is 0 Å². The molecular formula is C11H19N. The summed E-state index contributed by atoms with van der Waals surface area (Å²) >= 11 is 0. The topological polar surface area (TPSA) is 12.0 Å². The fraction of sp³-hybridized carbons (Fsp3) is 0.636. The number of allylic oxidation sites excluding steroid dienone is 2. The van der Waals surface area contributed by atoms with Crippen molar-refractivity contribution in [3.63, 3.8) is 0 Å². The Balaban J connectivity index is 2.69. The molecule has 1 rings (SSSR count). The molecule has 1 heteroatoms. The number of nitrogens with one attached hydrogen (secondary N) is 1. The van der Waals surface area contributed by atoms with Crippen molar-refractivity contribution < 1.29 is 0 Å². The second-order valence-corrected chi connectivity index (χ2v) is 3.30. The van der Waals surface area contributed by atoms with Crippen LogP contribution in [0.25, 0.3) is 0 Å². The van der Waals surface area contributed by atoms with E-state index in [1.54, 1.807) is 5.57 Å². The van der Waals surface area contributed by atoms with Crippen molar-refractivity contribution >= 4 is 0 Å². The second kappa shape index (κ2) is 4.34. The molecule has 0 saturated heterocycles. The van der Waals surface area contributed by atoms with Gasteiger partial charge in [0, 0.05) is 12.2 Å². The zero-order valence-electron chi connectivity index (χ0n) is 8.19. The van der Waals surface area contributed by atoms with Crippen LogP contribution in [0, 0.1) is 5.92 Å². The molecule has 0 bridgehead atoms. The Labute approximate surface area is 75.6 Å². The highest BCUT2D eigenvalue weighted by Crippen LogP contribution is 2.39. The maximum absolute atomic E-state index is 3.84. The van der Waals surface area contributed by atoms with Crippen molar-refractivity contribution in [2.24, 2.45) is 5.92 Å². The van der Waals surface area contributed by atoms with Crippen LogP contribution in [0.3, 0.4) is 0 Å². The first kappa shape index (κ1) is 9.37. The Hall–Kier alpha value is -0.720. The van der Waals surface area contributed by atoms with Gasteiger partial charge in [-0.2, -0.15) is 0 Å². The predicted octanol–water partition coefficient (Wildman–Crippen LogP) is 2.86. The van der Waals surface area contributed by atoms with Crippen LogP contribution >= 0.6 is 0 Å². The highest BCUT2D eigenvalue weighted by atomic mass is 14.9. The molecule has 0 aliphatic heterocycles. The van der Waals surface area contributed by atoms with E-state index in [0.717, 1.165) is 12.5 Å². The minimum absolute atomic E-state index is 0.863. The summed E-state index contributed by atoms with van der Waals surface area (Å²) in [6.07, 6.45) is 5.89. The third-order valence-electron chi connectivity index (χ3n) is 2.37. The van der Waals surface area contributed by atoms with E-state index in [0.29, 0.717) is 0 Å². The zero-order valence-corrected chi connectivity index (χ0v) is 8.19. The van der Waals surface area contributed by atoms with Gasteiger partial charge in [0.1, 0.15) is 0 Å². The average molecular weight is 165 g/mol. The molecule has 0 aromatic heterocycles. The minimum atomic E-state index is 0.863. The largest absolute Gasteiger partial charge is 0.385 e. The smallest absolute Gasteiger partial charge is 0.0328 e. The number of hydrogen-bond donors (Lipinski definition) is 1. The van der Waals surface area contributed by atoms with Gasteiger partial charge in [-0.3, -0.25) is 0 Å². The third kappa shape index (κ3) is 2.13. The Kier molecular flexibility index (Phi) is 3.39. The second-order valence-electron chi connectivity index (χ2n) is 3.30. The van der Waals surface area contributed by atoms with E-state index in [4.69, 9.17) is 0 Å². The molecule has 1 aliphatic carbocycles. The lowest BCUT2D eigenvalue weighted by atomic mass is 10.1. The van der Waals surface area contributed by atoms with Crippen LogP contribution in [0.15, 0.2) is 23.9 Å². The van der Waals surface area contributed by atoms with Gasteiger partial charge >= 0.3 is 0 Å². The molecule has 0 atom stereocenters. The molecule has 0 spiro atoms. The fourth-order valence-corrected chi connectivity index (χ4v) is 1.64. The molecule has 12 heavy (non-hydrogen) atoms. The molecule has 1 aliphatic rings. The van der Waals surface area contributed by atoms with Gasteiger partial charge in [-0.05, 0) is 43.8 Å². The summed E-state index contributed by atoms with van der Waals surface area (Å²) in [5.41, 5.74) is 2.86. The quantitative estimate of drug-likeness (QED) is 0.618. The molecule has 1 fully saturated rings. The molecule has 0 aromatic rings. The standard InChI is InChI=1S/C11H19N/c1-4-10(9-7-8-9)11(5-2)12-6-3/h5,9,12H,2,4,6-8H2,1,3H3/b11-10+. The van der Waals surface area contributed by atoms with Crippen LogP contribution in [-0.2, 0) is 0 Å². The molecule has 0 amide bonds. The van der Waals surface area contributed by atoms with Gasteiger partial charge in [-0.1, -0.05) is 13.5 Å². The molecule has 1 N–H and O–H groups in total. The molecular weight excluding hydrogens is 146 g/mol. The Morgan fingerprint density at radius 3 is 2.50 bits per heavy atom. The van der Waals surface area contributed by atoms with E-state index in [-0.39, 0.29) is 0 Å². The molecule has 68 valence electrons. The lowest BCUT2D eigenvalue weighted by Crippen LogP contribution is -2.13. The maximum atomic E-state index is 3.84. The van der Waals surface area contributed by atoms with Crippen molar-refractivity contribution in [3.8, 4) is 0 Å². The van der Waals surface area contributed by atoms with Crippen LogP contribution in [0.1, 0.15) is 33.1 Å². The summed E-state index contributed by atoms with van der Waals surface area (Å²) in [6.45, 7) is 9.20. The highest BCUT2D eigenvalue weighted by Gasteiger charge is 2.26.